The third-order valence-electron chi connectivity index (χ3n) is 2.91. The van der Waals surface area contributed by atoms with Gasteiger partial charge in [-0.25, -0.2) is 4.79 Å². The van der Waals surface area contributed by atoms with Gasteiger partial charge in [0.15, 0.2) is 11.5 Å². The molecule has 0 aliphatic rings. The fraction of sp³-hybridized carbons (Fsp3) is 0.133. The van der Waals surface area contributed by atoms with Crippen LogP contribution in [0.1, 0.15) is 10.4 Å². The first kappa shape index (κ1) is 14.2. The number of benzene rings is 2. The van der Waals surface area contributed by atoms with E-state index in [1.807, 2.05) is 0 Å². The highest BCUT2D eigenvalue weighted by atomic mass is 35.5. The Morgan fingerprint density at radius 2 is 1.75 bits per heavy atom. The summed E-state index contributed by atoms with van der Waals surface area (Å²) in [7, 11) is 2.67. The van der Waals surface area contributed by atoms with Gasteiger partial charge in [-0.05, 0) is 29.8 Å². The molecule has 2 aromatic carbocycles. The van der Waals surface area contributed by atoms with Gasteiger partial charge in [-0.3, -0.25) is 0 Å². The van der Waals surface area contributed by atoms with Crippen molar-refractivity contribution in [2.75, 3.05) is 14.2 Å². The lowest BCUT2D eigenvalue weighted by Crippen LogP contribution is -2.05. The van der Waals surface area contributed by atoms with Crippen LogP contribution in [0.3, 0.4) is 0 Å². The van der Waals surface area contributed by atoms with Crippen molar-refractivity contribution >= 4 is 17.6 Å². The normalized spacial score (nSPS) is 10.2. The second kappa shape index (κ2) is 5.84. The van der Waals surface area contributed by atoms with Gasteiger partial charge in [0, 0.05) is 10.6 Å². The third kappa shape index (κ3) is 2.56. The van der Waals surface area contributed by atoms with Gasteiger partial charge in [-0.2, -0.15) is 0 Å². The summed E-state index contributed by atoms with van der Waals surface area (Å²) in [5.74, 6) is -0.665. The van der Waals surface area contributed by atoms with Gasteiger partial charge in [0.2, 0.25) is 0 Å². The maximum absolute atomic E-state index is 11.9. The van der Waals surface area contributed by atoms with Crippen molar-refractivity contribution in [1.29, 1.82) is 0 Å². The molecule has 0 atom stereocenters. The van der Waals surface area contributed by atoms with E-state index in [9.17, 15) is 9.90 Å². The summed E-state index contributed by atoms with van der Waals surface area (Å²) < 4.78 is 9.73. The van der Waals surface area contributed by atoms with Crippen molar-refractivity contribution in [1.82, 2.24) is 0 Å². The molecule has 4 nitrogen and oxygen atoms in total. The molecule has 0 aliphatic heterocycles. The number of esters is 1. The minimum Gasteiger partial charge on any atom is -0.504 e. The smallest absolute Gasteiger partial charge is 0.342 e. The molecule has 0 aromatic heterocycles. The second-order valence-electron chi connectivity index (χ2n) is 4.04. The maximum Gasteiger partial charge on any atom is 0.342 e. The molecule has 0 amide bonds. The predicted octanol–water partition coefficient (Wildman–Crippen LogP) is 3.51. The van der Waals surface area contributed by atoms with Crippen molar-refractivity contribution in [3.8, 4) is 22.6 Å². The topological polar surface area (TPSA) is 55.8 Å². The lowest BCUT2D eigenvalue weighted by Gasteiger charge is -2.13. The second-order valence-corrected chi connectivity index (χ2v) is 4.47. The Bertz CT molecular complexity index is 635. The minimum absolute atomic E-state index is 0.0640. The van der Waals surface area contributed by atoms with Crippen molar-refractivity contribution in [3.63, 3.8) is 0 Å². The summed E-state index contributed by atoms with van der Waals surface area (Å²) in [6, 6.07) is 10.2. The Labute approximate surface area is 121 Å². The van der Waals surface area contributed by atoms with Crippen LogP contribution < -0.4 is 4.74 Å². The molecule has 20 heavy (non-hydrogen) atoms. The van der Waals surface area contributed by atoms with Gasteiger partial charge < -0.3 is 14.6 Å². The Morgan fingerprint density at radius 1 is 1.10 bits per heavy atom. The van der Waals surface area contributed by atoms with E-state index in [0.29, 0.717) is 10.6 Å². The van der Waals surface area contributed by atoms with Crippen LogP contribution in [0, 0.1) is 0 Å². The van der Waals surface area contributed by atoms with Gasteiger partial charge >= 0.3 is 5.97 Å². The van der Waals surface area contributed by atoms with Crippen molar-refractivity contribution < 1.29 is 19.4 Å². The Morgan fingerprint density at radius 3 is 2.30 bits per heavy atom. The van der Waals surface area contributed by atoms with Crippen LogP contribution >= 0.6 is 11.6 Å². The summed E-state index contributed by atoms with van der Waals surface area (Å²) in [4.78, 5) is 11.9. The van der Waals surface area contributed by atoms with Crippen LogP contribution in [-0.4, -0.2) is 25.3 Å². The van der Waals surface area contributed by atoms with Gasteiger partial charge in [0.25, 0.3) is 0 Å². The Hall–Kier alpha value is -2.20. The first-order valence-electron chi connectivity index (χ1n) is 5.82. The van der Waals surface area contributed by atoms with Crippen LogP contribution in [0.15, 0.2) is 36.4 Å². The molecule has 2 rings (SSSR count). The molecule has 0 spiro atoms. The molecule has 0 saturated carbocycles. The van der Waals surface area contributed by atoms with E-state index in [2.05, 4.69) is 0 Å². The zero-order valence-corrected chi connectivity index (χ0v) is 11.8. The predicted molar refractivity (Wildman–Crippen MR) is 76.4 cm³/mol. The molecule has 104 valence electrons. The van der Waals surface area contributed by atoms with E-state index in [1.165, 1.54) is 14.2 Å². The molecule has 1 N–H and O–H groups in total. The van der Waals surface area contributed by atoms with E-state index in [1.54, 1.807) is 36.4 Å². The van der Waals surface area contributed by atoms with Crippen LogP contribution in [0.5, 0.6) is 11.5 Å². The first-order chi connectivity index (χ1) is 9.58. The highest BCUT2D eigenvalue weighted by Gasteiger charge is 2.21. The lowest BCUT2D eigenvalue weighted by atomic mass is 9.98. The summed E-state index contributed by atoms with van der Waals surface area (Å²) >= 11 is 5.85. The number of methoxy groups -OCH3 is 2. The number of hydrogen-bond donors (Lipinski definition) is 1. The van der Waals surface area contributed by atoms with Crippen LogP contribution in [0.25, 0.3) is 11.1 Å². The van der Waals surface area contributed by atoms with E-state index in [0.717, 1.165) is 5.56 Å². The molecular weight excluding hydrogens is 280 g/mol. The summed E-state index contributed by atoms with van der Waals surface area (Å²) in [5.41, 5.74) is 1.36. The SMILES string of the molecule is COC(=O)c1c(-c2ccc(Cl)cc2)ccc(OC)c1O. The molecule has 2 aromatic rings. The number of rotatable bonds is 3. The number of carbonyl (C=O) groups is 1. The molecule has 0 radical (unpaired) electrons. The fourth-order valence-corrected chi connectivity index (χ4v) is 2.04. The molecule has 0 bridgehead atoms. The highest BCUT2D eigenvalue weighted by Crippen LogP contribution is 2.37. The van der Waals surface area contributed by atoms with Crippen molar-refractivity contribution in [2.24, 2.45) is 0 Å². The number of halogens is 1. The highest BCUT2D eigenvalue weighted by molar-refractivity contribution is 6.30. The summed E-state index contributed by atoms with van der Waals surface area (Å²) in [5, 5.41) is 10.7. The average molecular weight is 293 g/mol. The largest absolute Gasteiger partial charge is 0.504 e. The quantitative estimate of drug-likeness (QED) is 0.880. The molecule has 5 heteroatoms. The van der Waals surface area contributed by atoms with Gasteiger partial charge in [0.1, 0.15) is 5.56 Å². The molecule has 0 saturated heterocycles. The molecule has 0 fully saturated rings. The van der Waals surface area contributed by atoms with E-state index < -0.39 is 5.97 Å². The Balaban J connectivity index is 2.66. The van der Waals surface area contributed by atoms with Gasteiger partial charge in [-0.15, -0.1) is 0 Å². The Kier molecular flexibility index (Phi) is 4.15. The molecule has 0 heterocycles. The van der Waals surface area contributed by atoms with Crippen LogP contribution in [-0.2, 0) is 4.74 Å². The van der Waals surface area contributed by atoms with Crippen molar-refractivity contribution in [2.45, 2.75) is 0 Å². The lowest BCUT2D eigenvalue weighted by molar-refractivity contribution is 0.0597. The van der Waals surface area contributed by atoms with Gasteiger partial charge in [-0.1, -0.05) is 23.7 Å². The monoisotopic (exact) mass is 292 g/mol. The maximum atomic E-state index is 11.9. The van der Waals surface area contributed by atoms with E-state index >= 15 is 0 Å². The number of carbonyl (C=O) groups excluding carboxylic acids is 1. The minimum atomic E-state index is -0.633. The third-order valence-corrected chi connectivity index (χ3v) is 3.16. The average Bonchev–Trinajstić information content (AvgIpc) is 2.47. The molecule has 0 aliphatic carbocycles. The number of hydrogen-bond acceptors (Lipinski definition) is 4. The fourth-order valence-electron chi connectivity index (χ4n) is 1.92. The van der Waals surface area contributed by atoms with Crippen LogP contribution in [0.2, 0.25) is 5.02 Å². The number of phenolic OH excluding ortho intramolecular Hbond substituents is 1. The molecule has 0 unspecified atom stereocenters. The standard InChI is InChI=1S/C15H13ClO4/c1-19-12-8-7-11(9-3-5-10(16)6-4-9)13(14(12)17)15(18)20-2/h3-8,17H,1-2H3. The summed E-state index contributed by atoms with van der Waals surface area (Å²) in [6.07, 6.45) is 0. The zero-order chi connectivity index (χ0) is 14.7. The van der Waals surface area contributed by atoms with Crippen LogP contribution in [0.4, 0.5) is 0 Å². The zero-order valence-electron chi connectivity index (χ0n) is 11.0. The number of phenols is 1. The van der Waals surface area contributed by atoms with E-state index in [-0.39, 0.29) is 17.1 Å². The van der Waals surface area contributed by atoms with Gasteiger partial charge in [0.05, 0.1) is 14.2 Å². The van der Waals surface area contributed by atoms with Crippen molar-refractivity contribution in [3.05, 3.63) is 47.0 Å². The molecular formula is C15H13ClO4. The number of aromatic hydroxyl groups is 1. The number of ether oxygens (including phenoxy) is 2. The summed E-state index contributed by atoms with van der Waals surface area (Å²) in [6.45, 7) is 0. The van der Waals surface area contributed by atoms with E-state index in [4.69, 9.17) is 21.1 Å². The first-order valence-corrected chi connectivity index (χ1v) is 6.20.